The molecule has 0 radical (unpaired) electrons. The summed E-state index contributed by atoms with van der Waals surface area (Å²) in [5.74, 6) is -0.166. The Labute approximate surface area is 187 Å². The van der Waals surface area contributed by atoms with Crippen LogP contribution >= 0.6 is 0 Å². The minimum absolute atomic E-state index is 0.0311. The fourth-order valence-corrected chi connectivity index (χ4v) is 4.08. The number of carbonyl (C=O) groups excluding carboxylic acids is 2. The van der Waals surface area contributed by atoms with Crippen LogP contribution in [0.15, 0.2) is 72.8 Å². The molecule has 0 atom stereocenters. The Morgan fingerprint density at radius 1 is 1.00 bits per heavy atom. The highest BCUT2D eigenvalue weighted by Gasteiger charge is 2.28. The maximum absolute atomic E-state index is 12.2. The molecule has 162 valence electrons. The van der Waals surface area contributed by atoms with Gasteiger partial charge in [0, 0.05) is 12.5 Å². The third-order valence-electron chi connectivity index (χ3n) is 5.64. The molecule has 0 saturated carbocycles. The quantitative estimate of drug-likeness (QED) is 0.384. The number of nitrogens with one attached hydrogen (secondary N) is 1. The van der Waals surface area contributed by atoms with Gasteiger partial charge in [0.05, 0.1) is 5.56 Å². The number of benzene rings is 3. The lowest BCUT2D eigenvalue weighted by atomic mass is 9.98. The topological polar surface area (TPSA) is 75.6 Å². The number of hydrogen-bond acceptors (Lipinski definition) is 4. The smallest absolute Gasteiger partial charge is 0.407 e. The number of phenols is 1. The van der Waals surface area contributed by atoms with Gasteiger partial charge in [-0.25, -0.2) is 4.79 Å². The zero-order chi connectivity index (χ0) is 22.5. The number of fused-ring (bicyclic) bond motifs is 3. The molecule has 0 saturated heterocycles. The average Bonchev–Trinajstić information content (AvgIpc) is 3.11. The second-order valence-electron chi connectivity index (χ2n) is 7.78. The minimum atomic E-state index is -0.441. The summed E-state index contributed by atoms with van der Waals surface area (Å²) in [5.41, 5.74) is 5.86. The van der Waals surface area contributed by atoms with E-state index >= 15 is 0 Å². The molecule has 3 aromatic carbocycles. The fraction of sp³-hybridized carbons (Fsp3) is 0.185. The molecule has 1 aliphatic carbocycles. The van der Waals surface area contributed by atoms with Crippen LogP contribution < -0.4 is 5.32 Å². The van der Waals surface area contributed by atoms with E-state index in [1.165, 1.54) is 29.2 Å². The third-order valence-corrected chi connectivity index (χ3v) is 5.64. The fourth-order valence-electron chi connectivity index (χ4n) is 4.08. The van der Waals surface area contributed by atoms with Crippen molar-refractivity contribution in [2.75, 3.05) is 13.2 Å². The molecule has 0 spiro atoms. The van der Waals surface area contributed by atoms with Gasteiger partial charge in [-0.2, -0.15) is 0 Å². The van der Waals surface area contributed by atoms with Crippen molar-refractivity contribution in [3.05, 3.63) is 95.1 Å². The number of alkyl carbamates (subject to hydrolysis) is 1. The van der Waals surface area contributed by atoms with Gasteiger partial charge >= 0.3 is 6.09 Å². The van der Waals surface area contributed by atoms with E-state index in [1.807, 2.05) is 36.4 Å². The Hall–Kier alpha value is -3.86. The lowest BCUT2D eigenvalue weighted by Crippen LogP contribution is -2.26. The van der Waals surface area contributed by atoms with Crippen molar-refractivity contribution in [2.24, 2.45) is 0 Å². The molecule has 0 unspecified atom stereocenters. The standard InChI is InChI=1S/C27H25NO4/c1-18(29)20-14-13-19(16-26(20)30)8-6-7-15-28-27(31)32-17-25-23-11-4-2-9-21(23)22-10-3-5-12-24(22)25/h2-6,8-14,16,25,30H,7,15,17H2,1H3,(H,28,31). The number of Topliss-reactive ketones (excluding diaryl/α,β-unsaturated/α-hetero) is 1. The number of aromatic hydroxyl groups is 1. The van der Waals surface area contributed by atoms with E-state index in [4.69, 9.17) is 4.74 Å². The highest BCUT2D eigenvalue weighted by atomic mass is 16.5. The van der Waals surface area contributed by atoms with Crippen molar-refractivity contribution in [1.29, 1.82) is 0 Å². The van der Waals surface area contributed by atoms with Crippen LogP contribution in [0.2, 0.25) is 0 Å². The summed E-state index contributed by atoms with van der Waals surface area (Å²) in [6.45, 7) is 2.14. The third kappa shape index (κ3) is 4.57. The number of phenolic OH excluding ortho intramolecular Hbond substituents is 1. The number of amides is 1. The molecule has 0 aromatic heterocycles. The average molecular weight is 428 g/mol. The normalized spacial score (nSPS) is 12.4. The van der Waals surface area contributed by atoms with Crippen molar-refractivity contribution in [3.8, 4) is 16.9 Å². The van der Waals surface area contributed by atoms with Gasteiger partial charge in [0.15, 0.2) is 5.78 Å². The van der Waals surface area contributed by atoms with Crippen LogP contribution in [0.4, 0.5) is 4.79 Å². The van der Waals surface area contributed by atoms with Gasteiger partial charge in [-0.05, 0) is 53.3 Å². The number of carbonyl (C=O) groups is 2. The Bertz CT molecular complexity index is 1140. The lowest BCUT2D eigenvalue weighted by Gasteiger charge is -2.14. The maximum atomic E-state index is 12.2. The van der Waals surface area contributed by atoms with Gasteiger partial charge in [0.1, 0.15) is 12.4 Å². The highest BCUT2D eigenvalue weighted by Crippen LogP contribution is 2.44. The first-order chi connectivity index (χ1) is 15.5. The van der Waals surface area contributed by atoms with Crippen molar-refractivity contribution in [1.82, 2.24) is 5.32 Å². The second kappa shape index (κ2) is 9.52. The van der Waals surface area contributed by atoms with E-state index < -0.39 is 6.09 Å². The molecule has 1 aliphatic rings. The maximum Gasteiger partial charge on any atom is 0.407 e. The summed E-state index contributed by atoms with van der Waals surface area (Å²) in [7, 11) is 0. The van der Waals surface area contributed by atoms with Crippen LogP contribution in [0, 0.1) is 0 Å². The van der Waals surface area contributed by atoms with Crippen LogP contribution in [-0.2, 0) is 4.74 Å². The molecule has 5 nitrogen and oxygen atoms in total. The van der Waals surface area contributed by atoms with Crippen LogP contribution in [0.1, 0.15) is 46.3 Å². The van der Waals surface area contributed by atoms with Gasteiger partial charge in [-0.15, -0.1) is 0 Å². The molecule has 0 heterocycles. The monoisotopic (exact) mass is 427 g/mol. The molecule has 1 amide bonds. The largest absolute Gasteiger partial charge is 0.507 e. The molecule has 2 N–H and O–H groups in total. The molecule has 3 aromatic rings. The SMILES string of the molecule is CC(=O)c1ccc(C=CCCNC(=O)OCC2c3ccccc3-c3ccccc32)cc1O. The summed E-state index contributed by atoms with van der Waals surface area (Å²) >= 11 is 0. The van der Waals surface area contributed by atoms with Crippen molar-refractivity contribution >= 4 is 18.0 Å². The molecule has 0 bridgehead atoms. The summed E-state index contributed by atoms with van der Waals surface area (Å²) < 4.78 is 5.52. The molecular weight excluding hydrogens is 402 g/mol. The molecule has 32 heavy (non-hydrogen) atoms. The Kier molecular flexibility index (Phi) is 6.36. The minimum Gasteiger partial charge on any atom is -0.507 e. The van der Waals surface area contributed by atoms with Gasteiger partial charge in [-0.3, -0.25) is 4.79 Å². The first-order valence-corrected chi connectivity index (χ1v) is 10.6. The highest BCUT2D eigenvalue weighted by molar-refractivity contribution is 5.97. The zero-order valence-corrected chi connectivity index (χ0v) is 17.9. The summed E-state index contributed by atoms with van der Waals surface area (Å²) in [6, 6.07) is 21.4. The van der Waals surface area contributed by atoms with E-state index in [1.54, 1.807) is 18.2 Å². The number of ketones is 1. The lowest BCUT2D eigenvalue weighted by molar-refractivity contribution is 0.101. The van der Waals surface area contributed by atoms with E-state index in [2.05, 4.69) is 29.6 Å². The van der Waals surface area contributed by atoms with E-state index in [9.17, 15) is 14.7 Å². The van der Waals surface area contributed by atoms with Crippen molar-refractivity contribution < 1.29 is 19.4 Å². The molecule has 0 aliphatic heterocycles. The van der Waals surface area contributed by atoms with Gasteiger partial charge in [0.25, 0.3) is 0 Å². The Balaban J connectivity index is 1.26. The first kappa shape index (κ1) is 21.4. The number of hydrogen-bond donors (Lipinski definition) is 2. The van der Waals surface area contributed by atoms with Crippen LogP contribution in [-0.4, -0.2) is 30.1 Å². The number of ether oxygens (including phenoxy) is 1. The Morgan fingerprint density at radius 3 is 2.28 bits per heavy atom. The molecule has 4 rings (SSSR count). The second-order valence-corrected chi connectivity index (χ2v) is 7.78. The van der Waals surface area contributed by atoms with E-state index in [0.29, 0.717) is 18.5 Å². The van der Waals surface area contributed by atoms with Crippen LogP contribution in [0.5, 0.6) is 5.75 Å². The van der Waals surface area contributed by atoms with Gasteiger partial charge < -0.3 is 15.2 Å². The summed E-state index contributed by atoms with van der Waals surface area (Å²) in [4.78, 5) is 23.5. The van der Waals surface area contributed by atoms with Crippen molar-refractivity contribution in [2.45, 2.75) is 19.3 Å². The number of rotatable bonds is 7. The molecule has 5 heteroatoms. The van der Waals surface area contributed by atoms with E-state index in [0.717, 1.165) is 5.56 Å². The van der Waals surface area contributed by atoms with E-state index in [-0.39, 0.29) is 24.1 Å². The van der Waals surface area contributed by atoms with Crippen LogP contribution in [0.3, 0.4) is 0 Å². The molecular formula is C27H25NO4. The Morgan fingerprint density at radius 2 is 1.66 bits per heavy atom. The summed E-state index contributed by atoms with van der Waals surface area (Å²) in [6.07, 6.45) is 3.90. The summed E-state index contributed by atoms with van der Waals surface area (Å²) in [5, 5.41) is 12.7. The first-order valence-electron chi connectivity index (χ1n) is 10.6. The van der Waals surface area contributed by atoms with Crippen molar-refractivity contribution in [3.63, 3.8) is 0 Å². The van der Waals surface area contributed by atoms with Gasteiger partial charge in [-0.1, -0.05) is 66.7 Å². The van der Waals surface area contributed by atoms with Crippen LogP contribution in [0.25, 0.3) is 17.2 Å². The van der Waals surface area contributed by atoms with Gasteiger partial charge in [0.2, 0.25) is 0 Å². The predicted molar refractivity (Wildman–Crippen MR) is 125 cm³/mol. The molecule has 0 fully saturated rings. The zero-order valence-electron chi connectivity index (χ0n) is 17.9. The predicted octanol–water partition coefficient (Wildman–Crippen LogP) is 5.54.